The molecule has 1 amide bonds. The van der Waals surface area contributed by atoms with Gasteiger partial charge in [-0.25, -0.2) is 13.2 Å². The number of methoxy groups -OCH3 is 1. The number of anilines is 2. The lowest BCUT2D eigenvalue weighted by Crippen LogP contribution is -2.38. The summed E-state index contributed by atoms with van der Waals surface area (Å²) in [7, 11) is -2.75. The van der Waals surface area contributed by atoms with Crippen molar-refractivity contribution in [2.24, 2.45) is 0 Å². The van der Waals surface area contributed by atoms with Gasteiger partial charge >= 0.3 is 5.97 Å². The highest BCUT2D eigenvalue weighted by atomic mass is 32.2. The minimum atomic E-state index is -4.02. The molecule has 0 saturated carbocycles. The highest BCUT2D eigenvalue weighted by molar-refractivity contribution is 7.92. The fraction of sp³-hybridized carbons (Fsp3) is 0.200. The Kier molecular flexibility index (Phi) is 7.18. The second-order valence-electron chi connectivity index (χ2n) is 7.79. The van der Waals surface area contributed by atoms with Crippen molar-refractivity contribution < 1.29 is 22.7 Å². The molecule has 0 aliphatic rings. The lowest BCUT2D eigenvalue weighted by atomic mass is 10.1. The largest absolute Gasteiger partial charge is 0.465 e. The third kappa shape index (κ3) is 5.78. The van der Waals surface area contributed by atoms with Crippen molar-refractivity contribution in [3.05, 3.63) is 89.0 Å². The fourth-order valence-corrected chi connectivity index (χ4v) is 4.82. The molecule has 0 heterocycles. The maximum atomic E-state index is 13.5. The predicted molar refractivity (Wildman–Crippen MR) is 128 cm³/mol. The summed E-state index contributed by atoms with van der Waals surface area (Å²) in [6.07, 6.45) is 0. The van der Waals surface area contributed by atoms with E-state index >= 15 is 0 Å². The minimum absolute atomic E-state index is 0.0905. The number of carbonyl (C=O) groups is 2. The first kappa shape index (κ1) is 24.0. The quantitative estimate of drug-likeness (QED) is 0.526. The van der Waals surface area contributed by atoms with E-state index in [-0.39, 0.29) is 10.5 Å². The van der Waals surface area contributed by atoms with Crippen molar-refractivity contribution in [2.75, 3.05) is 23.3 Å². The van der Waals surface area contributed by atoms with E-state index in [1.54, 1.807) is 42.5 Å². The van der Waals surface area contributed by atoms with Gasteiger partial charge in [0.2, 0.25) is 5.91 Å². The summed E-state index contributed by atoms with van der Waals surface area (Å²) in [6, 6.07) is 18.1. The van der Waals surface area contributed by atoms with Crippen LogP contribution in [0.5, 0.6) is 0 Å². The van der Waals surface area contributed by atoms with Crippen molar-refractivity contribution in [3.8, 4) is 0 Å². The Balaban J connectivity index is 1.95. The molecular weight excluding hydrogens is 440 g/mol. The van der Waals surface area contributed by atoms with Gasteiger partial charge in [-0.3, -0.25) is 9.10 Å². The number of ether oxygens (including phenoxy) is 1. The van der Waals surface area contributed by atoms with Crippen LogP contribution in [0, 0.1) is 20.8 Å². The van der Waals surface area contributed by atoms with Crippen LogP contribution in [0.3, 0.4) is 0 Å². The Morgan fingerprint density at radius 1 is 0.879 bits per heavy atom. The second kappa shape index (κ2) is 9.87. The van der Waals surface area contributed by atoms with Crippen molar-refractivity contribution in [2.45, 2.75) is 25.7 Å². The molecule has 0 fully saturated rings. The summed E-state index contributed by atoms with van der Waals surface area (Å²) in [4.78, 5) is 24.8. The molecular formula is C25H26N2O5S. The smallest absolute Gasteiger partial charge is 0.337 e. The van der Waals surface area contributed by atoms with E-state index in [0.29, 0.717) is 11.4 Å². The highest BCUT2D eigenvalue weighted by Gasteiger charge is 2.27. The Morgan fingerprint density at radius 2 is 1.52 bits per heavy atom. The SMILES string of the molecule is COC(=O)c1cccc(NC(=O)CN(c2cc(C)cc(C)c2)S(=O)(=O)c2ccc(C)cc2)c1. The molecule has 0 unspecified atom stereocenters. The monoisotopic (exact) mass is 466 g/mol. The molecule has 0 radical (unpaired) electrons. The molecule has 3 aromatic rings. The summed E-state index contributed by atoms with van der Waals surface area (Å²) in [6.45, 7) is 5.16. The van der Waals surface area contributed by atoms with Gasteiger partial charge in [0, 0.05) is 5.69 Å². The molecule has 0 aliphatic heterocycles. The molecule has 7 nitrogen and oxygen atoms in total. The lowest BCUT2D eigenvalue weighted by molar-refractivity contribution is -0.114. The number of nitrogens with zero attached hydrogens (tertiary/aromatic N) is 1. The molecule has 0 aliphatic carbocycles. The van der Waals surface area contributed by atoms with Crippen LogP contribution >= 0.6 is 0 Å². The zero-order valence-electron chi connectivity index (χ0n) is 19.0. The molecule has 33 heavy (non-hydrogen) atoms. The Bertz CT molecular complexity index is 1260. The van der Waals surface area contributed by atoms with Crippen molar-refractivity contribution in [1.29, 1.82) is 0 Å². The van der Waals surface area contributed by atoms with Crippen LogP contribution in [0.4, 0.5) is 11.4 Å². The molecule has 1 N–H and O–H groups in total. The standard InChI is InChI=1S/C25H26N2O5S/c1-17-8-10-23(11-9-17)33(30,31)27(22-13-18(2)12-19(3)14-22)16-24(28)26-21-7-5-6-20(15-21)25(29)32-4/h5-15H,16H2,1-4H3,(H,26,28). The van der Waals surface area contributed by atoms with E-state index < -0.39 is 28.4 Å². The molecule has 0 bridgehead atoms. The van der Waals surface area contributed by atoms with Gasteiger partial charge in [0.1, 0.15) is 6.54 Å². The first-order chi connectivity index (χ1) is 15.6. The number of carbonyl (C=O) groups excluding carboxylic acids is 2. The number of hydrogen-bond donors (Lipinski definition) is 1. The molecule has 3 rings (SSSR count). The van der Waals surface area contributed by atoms with Gasteiger partial charge < -0.3 is 10.1 Å². The average Bonchev–Trinajstić information content (AvgIpc) is 2.76. The number of sulfonamides is 1. The summed E-state index contributed by atoms with van der Waals surface area (Å²) < 4.78 is 32.8. The molecule has 0 atom stereocenters. The van der Waals surface area contributed by atoms with Crippen LogP contribution in [0.15, 0.2) is 71.6 Å². The van der Waals surface area contributed by atoms with E-state index in [0.717, 1.165) is 21.0 Å². The van der Waals surface area contributed by atoms with Gasteiger partial charge in [0.25, 0.3) is 10.0 Å². The van der Waals surface area contributed by atoms with E-state index in [1.807, 2.05) is 26.8 Å². The number of nitrogens with one attached hydrogen (secondary N) is 1. The van der Waals surface area contributed by atoms with Crippen LogP contribution in [0.1, 0.15) is 27.0 Å². The van der Waals surface area contributed by atoms with Crippen LogP contribution in [-0.2, 0) is 19.6 Å². The lowest BCUT2D eigenvalue weighted by Gasteiger charge is -2.25. The van der Waals surface area contributed by atoms with Crippen LogP contribution in [0.25, 0.3) is 0 Å². The summed E-state index contributed by atoms with van der Waals surface area (Å²) >= 11 is 0. The van der Waals surface area contributed by atoms with Crippen molar-refractivity contribution >= 4 is 33.3 Å². The number of aryl methyl sites for hydroxylation is 3. The van der Waals surface area contributed by atoms with Gasteiger partial charge in [-0.1, -0.05) is 29.8 Å². The first-order valence-electron chi connectivity index (χ1n) is 10.3. The van der Waals surface area contributed by atoms with E-state index in [4.69, 9.17) is 4.74 Å². The number of esters is 1. The topological polar surface area (TPSA) is 92.8 Å². The Labute approximate surface area is 194 Å². The van der Waals surface area contributed by atoms with Crippen LogP contribution < -0.4 is 9.62 Å². The maximum Gasteiger partial charge on any atom is 0.337 e. The van der Waals surface area contributed by atoms with E-state index in [1.165, 1.54) is 25.3 Å². The first-order valence-corrected chi connectivity index (χ1v) is 11.7. The van der Waals surface area contributed by atoms with Crippen LogP contribution in [0.2, 0.25) is 0 Å². The molecule has 0 spiro atoms. The fourth-order valence-electron chi connectivity index (χ4n) is 3.42. The third-order valence-electron chi connectivity index (χ3n) is 4.96. The zero-order chi connectivity index (χ0) is 24.2. The number of benzene rings is 3. The summed E-state index contributed by atoms with van der Waals surface area (Å²) in [5.41, 5.74) is 3.70. The normalized spacial score (nSPS) is 11.0. The van der Waals surface area contributed by atoms with Crippen molar-refractivity contribution in [1.82, 2.24) is 0 Å². The molecule has 0 saturated heterocycles. The average molecular weight is 467 g/mol. The number of amides is 1. The van der Waals surface area contributed by atoms with Gasteiger partial charge in [-0.05, 0) is 74.4 Å². The predicted octanol–water partition coefficient (Wildman–Crippen LogP) is 4.23. The van der Waals surface area contributed by atoms with E-state index in [9.17, 15) is 18.0 Å². The molecule has 172 valence electrons. The number of rotatable bonds is 7. The van der Waals surface area contributed by atoms with Crippen molar-refractivity contribution in [3.63, 3.8) is 0 Å². The van der Waals surface area contributed by atoms with Gasteiger partial charge in [-0.2, -0.15) is 0 Å². The molecule has 8 heteroatoms. The maximum absolute atomic E-state index is 13.5. The summed E-state index contributed by atoms with van der Waals surface area (Å²) in [5.74, 6) is -1.09. The number of hydrogen-bond acceptors (Lipinski definition) is 5. The second-order valence-corrected chi connectivity index (χ2v) is 9.65. The summed E-state index contributed by atoms with van der Waals surface area (Å²) in [5, 5.41) is 2.67. The van der Waals surface area contributed by atoms with Gasteiger partial charge in [-0.15, -0.1) is 0 Å². The van der Waals surface area contributed by atoms with Crippen LogP contribution in [-0.4, -0.2) is 33.9 Å². The zero-order valence-corrected chi connectivity index (χ0v) is 19.8. The molecule has 0 aromatic heterocycles. The molecule has 3 aromatic carbocycles. The Hall–Kier alpha value is -3.65. The minimum Gasteiger partial charge on any atom is -0.465 e. The third-order valence-corrected chi connectivity index (χ3v) is 6.75. The highest BCUT2D eigenvalue weighted by Crippen LogP contribution is 2.26. The Morgan fingerprint density at radius 3 is 2.12 bits per heavy atom. The van der Waals surface area contributed by atoms with Gasteiger partial charge in [0.05, 0.1) is 23.3 Å². The van der Waals surface area contributed by atoms with Gasteiger partial charge in [0.15, 0.2) is 0 Å². The van der Waals surface area contributed by atoms with E-state index in [2.05, 4.69) is 5.32 Å².